The second-order valence-corrected chi connectivity index (χ2v) is 5.07. The Bertz CT molecular complexity index is 787. The van der Waals surface area contributed by atoms with Gasteiger partial charge in [0.25, 0.3) is 0 Å². The average Bonchev–Trinajstić information content (AvgIpc) is 2.69. The Balaban J connectivity index is 2.09. The lowest BCUT2D eigenvalue weighted by molar-refractivity contribution is 0.517. The number of fused-ring (bicyclic) bond motifs is 1. The zero-order chi connectivity index (χ0) is 13.4. The van der Waals surface area contributed by atoms with Gasteiger partial charge >= 0.3 is 5.76 Å². The molecule has 96 valence electrons. The summed E-state index contributed by atoms with van der Waals surface area (Å²) in [5, 5.41) is 1.23. The van der Waals surface area contributed by atoms with Crippen LogP contribution in [0.3, 0.4) is 0 Å². The van der Waals surface area contributed by atoms with E-state index in [-0.39, 0.29) is 0 Å². The summed E-state index contributed by atoms with van der Waals surface area (Å²) in [7, 11) is 0. The van der Waals surface area contributed by atoms with Crippen LogP contribution in [-0.4, -0.2) is 4.57 Å². The molecule has 0 bridgehead atoms. The van der Waals surface area contributed by atoms with Gasteiger partial charge in [-0.15, -0.1) is 0 Å². The molecule has 0 aliphatic carbocycles. The number of oxazole rings is 1. The van der Waals surface area contributed by atoms with Crippen LogP contribution in [0, 0.1) is 0 Å². The minimum atomic E-state index is -0.396. The molecule has 0 radical (unpaired) electrons. The van der Waals surface area contributed by atoms with Gasteiger partial charge in [0.1, 0.15) is 0 Å². The van der Waals surface area contributed by atoms with Crippen molar-refractivity contribution in [3.63, 3.8) is 0 Å². The van der Waals surface area contributed by atoms with E-state index in [9.17, 15) is 4.79 Å². The van der Waals surface area contributed by atoms with Gasteiger partial charge in [0.2, 0.25) is 0 Å². The van der Waals surface area contributed by atoms with Gasteiger partial charge < -0.3 is 4.42 Å². The fraction of sp³-hybridized carbons (Fsp3) is 0.0714. The molecule has 5 heteroatoms. The quantitative estimate of drug-likeness (QED) is 0.717. The summed E-state index contributed by atoms with van der Waals surface area (Å²) >= 11 is 11.8. The molecule has 0 spiro atoms. The molecule has 0 saturated carbocycles. The van der Waals surface area contributed by atoms with E-state index in [0.29, 0.717) is 27.7 Å². The predicted molar refractivity (Wildman–Crippen MR) is 76.0 cm³/mol. The second-order valence-electron chi connectivity index (χ2n) is 4.19. The van der Waals surface area contributed by atoms with Crippen LogP contribution < -0.4 is 5.76 Å². The maximum Gasteiger partial charge on any atom is 0.420 e. The topological polar surface area (TPSA) is 35.1 Å². The smallest absolute Gasteiger partial charge is 0.408 e. The average molecular weight is 294 g/mol. The van der Waals surface area contributed by atoms with Gasteiger partial charge in [-0.25, -0.2) is 4.79 Å². The third-order valence-electron chi connectivity index (χ3n) is 2.88. The highest BCUT2D eigenvalue weighted by Crippen LogP contribution is 2.19. The first-order valence-electron chi connectivity index (χ1n) is 5.67. The van der Waals surface area contributed by atoms with Crippen molar-refractivity contribution in [3.8, 4) is 0 Å². The van der Waals surface area contributed by atoms with Crippen molar-refractivity contribution in [2.45, 2.75) is 6.54 Å². The summed E-state index contributed by atoms with van der Waals surface area (Å²) in [6.07, 6.45) is 0. The van der Waals surface area contributed by atoms with Crippen molar-refractivity contribution in [2.24, 2.45) is 0 Å². The lowest BCUT2D eigenvalue weighted by Gasteiger charge is -2.03. The van der Waals surface area contributed by atoms with Crippen LogP contribution in [-0.2, 0) is 6.54 Å². The summed E-state index contributed by atoms with van der Waals surface area (Å²) < 4.78 is 6.72. The summed E-state index contributed by atoms with van der Waals surface area (Å²) in [5.41, 5.74) is 2.19. The summed E-state index contributed by atoms with van der Waals surface area (Å²) in [4.78, 5) is 11.8. The van der Waals surface area contributed by atoms with E-state index in [1.807, 2.05) is 12.1 Å². The van der Waals surface area contributed by atoms with Crippen molar-refractivity contribution in [1.82, 2.24) is 4.57 Å². The fourth-order valence-electron chi connectivity index (χ4n) is 1.96. The zero-order valence-electron chi connectivity index (χ0n) is 9.77. The Hall–Kier alpha value is -1.71. The molecule has 19 heavy (non-hydrogen) atoms. The van der Waals surface area contributed by atoms with E-state index in [2.05, 4.69) is 0 Å². The highest BCUT2D eigenvalue weighted by Gasteiger charge is 2.10. The molecule has 3 nitrogen and oxygen atoms in total. The molecule has 3 aromatic rings. The van der Waals surface area contributed by atoms with Gasteiger partial charge in [-0.1, -0.05) is 35.3 Å². The minimum absolute atomic E-state index is 0.396. The van der Waals surface area contributed by atoms with Gasteiger partial charge in [-0.2, -0.15) is 0 Å². The first kappa shape index (κ1) is 12.3. The molecular weight excluding hydrogens is 285 g/mol. The predicted octanol–water partition coefficient (Wildman–Crippen LogP) is 3.95. The van der Waals surface area contributed by atoms with E-state index in [0.717, 1.165) is 5.56 Å². The summed E-state index contributed by atoms with van der Waals surface area (Å²) in [6, 6.07) is 12.4. The molecule has 1 aromatic heterocycles. The van der Waals surface area contributed by atoms with Crippen molar-refractivity contribution >= 4 is 34.3 Å². The van der Waals surface area contributed by atoms with Crippen LogP contribution in [0.1, 0.15) is 5.56 Å². The van der Waals surface area contributed by atoms with Crippen LogP contribution in [0.5, 0.6) is 0 Å². The first-order valence-corrected chi connectivity index (χ1v) is 6.42. The number of halogens is 2. The Labute approximate surface area is 119 Å². The monoisotopic (exact) mass is 293 g/mol. The Morgan fingerprint density at radius 1 is 1.00 bits per heavy atom. The fourth-order valence-corrected chi connectivity index (χ4v) is 2.25. The summed E-state index contributed by atoms with van der Waals surface area (Å²) in [5.74, 6) is -0.396. The van der Waals surface area contributed by atoms with Gasteiger partial charge in [0, 0.05) is 10.0 Å². The normalized spacial score (nSPS) is 11.1. The molecule has 0 aliphatic rings. The van der Waals surface area contributed by atoms with Crippen molar-refractivity contribution < 1.29 is 4.42 Å². The van der Waals surface area contributed by atoms with Gasteiger partial charge in [-0.3, -0.25) is 4.57 Å². The van der Waals surface area contributed by atoms with Crippen molar-refractivity contribution in [3.05, 3.63) is 68.6 Å². The molecule has 1 heterocycles. The molecule has 0 aliphatic heterocycles. The zero-order valence-corrected chi connectivity index (χ0v) is 11.3. The van der Waals surface area contributed by atoms with Crippen LogP contribution in [0.4, 0.5) is 0 Å². The number of aromatic nitrogens is 1. The largest absolute Gasteiger partial charge is 0.420 e. The minimum Gasteiger partial charge on any atom is -0.408 e. The summed E-state index contributed by atoms with van der Waals surface area (Å²) in [6.45, 7) is 0.420. The molecule has 0 unspecified atom stereocenters. The van der Waals surface area contributed by atoms with Crippen LogP contribution in [0.2, 0.25) is 10.0 Å². The Morgan fingerprint density at radius 3 is 2.42 bits per heavy atom. The van der Waals surface area contributed by atoms with E-state index < -0.39 is 5.76 Å². The third-order valence-corrected chi connectivity index (χ3v) is 3.37. The Morgan fingerprint density at radius 2 is 1.68 bits per heavy atom. The number of nitrogens with zero attached hydrogens (tertiary/aromatic N) is 1. The maximum absolute atomic E-state index is 11.8. The molecule has 0 N–H and O–H groups in total. The molecule has 2 aromatic carbocycles. The maximum atomic E-state index is 11.8. The number of rotatable bonds is 2. The number of benzene rings is 2. The molecule has 0 atom stereocenters. The van der Waals surface area contributed by atoms with Gasteiger partial charge in [0.05, 0.1) is 12.1 Å². The number of hydrogen-bond acceptors (Lipinski definition) is 2. The molecule has 3 rings (SSSR count). The van der Waals surface area contributed by atoms with Gasteiger partial charge in [0.15, 0.2) is 5.58 Å². The first-order chi connectivity index (χ1) is 9.13. The van der Waals surface area contributed by atoms with Crippen molar-refractivity contribution in [2.75, 3.05) is 0 Å². The van der Waals surface area contributed by atoms with E-state index in [1.165, 1.54) is 0 Å². The highest BCUT2D eigenvalue weighted by molar-refractivity contribution is 6.31. The van der Waals surface area contributed by atoms with Crippen LogP contribution in [0.15, 0.2) is 51.7 Å². The van der Waals surface area contributed by atoms with E-state index >= 15 is 0 Å². The molecular formula is C14H9Cl2NO2. The molecule has 0 amide bonds. The van der Waals surface area contributed by atoms with E-state index in [1.54, 1.807) is 34.9 Å². The van der Waals surface area contributed by atoms with Crippen molar-refractivity contribution in [1.29, 1.82) is 0 Å². The molecule has 0 saturated heterocycles. The standard InChI is InChI=1S/C14H9Cl2NO2/c15-10-3-1-9(2-4-10)8-17-12-7-11(16)5-6-13(12)19-14(17)18/h1-7H,8H2. The van der Waals surface area contributed by atoms with Crippen LogP contribution >= 0.6 is 23.2 Å². The number of hydrogen-bond donors (Lipinski definition) is 0. The van der Waals surface area contributed by atoms with Crippen LogP contribution in [0.25, 0.3) is 11.1 Å². The highest BCUT2D eigenvalue weighted by atomic mass is 35.5. The van der Waals surface area contributed by atoms with Gasteiger partial charge in [-0.05, 0) is 35.9 Å². The van der Waals surface area contributed by atoms with E-state index in [4.69, 9.17) is 27.6 Å². The lowest BCUT2D eigenvalue weighted by atomic mass is 10.2. The SMILES string of the molecule is O=c1oc2ccc(Cl)cc2n1Cc1ccc(Cl)cc1. The molecule has 0 fully saturated rings. The Kier molecular flexibility index (Phi) is 3.09. The second kappa shape index (κ2) is 4.76. The third kappa shape index (κ3) is 2.39. The lowest BCUT2D eigenvalue weighted by Crippen LogP contribution is -2.14.